The molecule has 0 bridgehead atoms. The highest BCUT2D eigenvalue weighted by atomic mass is 16.2. The fourth-order valence-corrected chi connectivity index (χ4v) is 4.47. The average Bonchev–Trinajstić information content (AvgIpc) is 3.20. The summed E-state index contributed by atoms with van der Waals surface area (Å²) in [5.74, 6) is 1.66. The van der Waals surface area contributed by atoms with Crippen molar-refractivity contribution in [2.45, 2.75) is 46.6 Å². The zero-order chi connectivity index (χ0) is 19.0. The summed E-state index contributed by atoms with van der Waals surface area (Å²) >= 11 is 0. The van der Waals surface area contributed by atoms with Crippen LogP contribution in [0.5, 0.6) is 0 Å². The molecule has 1 aliphatic heterocycles. The number of rotatable bonds is 4. The molecule has 3 aromatic rings. The topological polar surface area (TPSA) is 53.9 Å². The van der Waals surface area contributed by atoms with Gasteiger partial charge in [0, 0.05) is 37.4 Å². The van der Waals surface area contributed by atoms with Crippen LogP contribution in [0.25, 0.3) is 11.0 Å². The molecule has 0 unspecified atom stereocenters. The van der Waals surface area contributed by atoms with E-state index in [1.807, 2.05) is 29.2 Å². The van der Waals surface area contributed by atoms with Crippen LogP contribution in [0.2, 0.25) is 0 Å². The number of aryl methyl sites for hydroxylation is 1. The van der Waals surface area contributed by atoms with Crippen LogP contribution in [-0.4, -0.2) is 38.4 Å². The van der Waals surface area contributed by atoms with Gasteiger partial charge in [-0.3, -0.25) is 4.79 Å². The minimum atomic E-state index is 0.178. The van der Waals surface area contributed by atoms with E-state index in [0.717, 1.165) is 72.7 Å². The molecule has 1 fully saturated rings. The van der Waals surface area contributed by atoms with E-state index in [0.29, 0.717) is 5.92 Å². The van der Waals surface area contributed by atoms with Gasteiger partial charge in [-0.05, 0) is 57.7 Å². The standard InChI is InChI=1S/C22H28N4O/c1-4-26-15(2)12-18(16(26)3)22(27)25-11-7-8-17(14-25)13-21-23-19-9-5-6-10-20(19)24-21/h5-6,9-10,12,17H,4,7-8,11,13-14H2,1-3H3,(H,23,24)/t17-/m0/s1. The summed E-state index contributed by atoms with van der Waals surface area (Å²) in [6.45, 7) is 8.82. The summed E-state index contributed by atoms with van der Waals surface area (Å²) in [6.07, 6.45) is 3.10. The Balaban J connectivity index is 1.48. The fraction of sp³-hybridized carbons (Fsp3) is 0.455. The number of para-hydroxylation sites is 2. The maximum atomic E-state index is 13.1. The van der Waals surface area contributed by atoms with Gasteiger partial charge in [-0.15, -0.1) is 0 Å². The molecule has 0 radical (unpaired) electrons. The maximum absolute atomic E-state index is 13.1. The van der Waals surface area contributed by atoms with Crippen molar-refractivity contribution in [3.8, 4) is 0 Å². The van der Waals surface area contributed by atoms with Crippen molar-refractivity contribution in [3.63, 3.8) is 0 Å². The predicted octanol–water partition coefficient (Wildman–Crippen LogP) is 4.10. The molecule has 0 aliphatic carbocycles. The molecule has 1 amide bonds. The fourth-order valence-electron chi connectivity index (χ4n) is 4.47. The van der Waals surface area contributed by atoms with Crippen LogP contribution in [0.15, 0.2) is 30.3 Å². The third-order valence-corrected chi connectivity index (χ3v) is 5.85. The van der Waals surface area contributed by atoms with Crippen LogP contribution in [-0.2, 0) is 13.0 Å². The Hall–Kier alpha value is -2.56. The van der Waals surface area contributed by atoms with Crippen LogP contribution in [0, 0.1) is 19.8 Å². The van der Waals surface area contributed by atoms with Crippen molar-refractivity contribution in [2.75, 3.05) is 13.1 Å². The first-order chi connectivity index (χ1) is 13.1. The third kappa shape index (κ3) is 3.38. The lowest BCUT2D eigenvalue weighted by Crippen LogP contribution is -2.40. The number of amides is 1. The lowest BCUT2D eigenvalue weighted by atomic mass is 9.94. The van der Waals surface area contributed by atoms with Gasteiger partial charge in [0.1, 0.15) is 5.82 Å². The number of benzene rings is 1. The Morgan fingerprint density at radius 2 is 2.11 bits per heavy atom. The largest absolute Gasteiger partial charge is 0.349 e. The molecule has 1 aromatic carbocycles. The summed E-state index contributed by atoms with van der Waals surface area (Å²) in [6, 6.07) is 10.2. The van der Waals surface area contributed by atoms with E-state index in [-0.39, 0.29) is 5.91 Å². The van der Waals surface area contributed by atoms with E-state index in [2.05, 4.69) is 36.4 Å². The van der Waals surface area contributed by atoms with Gasteiger partial charge in [-0.2, -0.15) is 0 Å². The van der Waals surface area contributed by atoms with E-state index in [4.69, 9.17) is 4.98 Å². The highest BCUT2D eigenvalue weighted by Gasteiger charge is 2.27. The molecule has 0 saturated carbocycles. The second-order valence-electron chi connectivity index (χ2n) is 7.69. The Labute approximate surface area is 160 Å². The second-order valence-corrected chi connectivity index (χ2v) is 7.69. The van der Waals surface area contributed by atoms with E-state index >= 15 is 0 Å². The molecule has 0 spiro atoms. The summed E-state index contributed by atoms with van der Waals surface area (Å²) in [4.78, 5) is 23.3. The van der Waals surface area contributed by atoms with Gasteiger partial charge in [0.2, 0.25) is 0 Å². The predicted molar refractivity (Wildman–Crippen MR) is 108 cm³/mol. The monoisotopic (exact) mass is 364 g/mol. The molecule has 1 saturated heterocycles. The number of aromatic amines is 1. The SMILES string of the molecule is CCn1c(C)cc(C(=O)N2CCC[C@@H](Cc3nc4ccccc4[nH]3)C2)c1C. The number of H-pyrrole nitrogens is 1. The number of aromatic nitrogens is 3. The van der Waals surface area contributed by atoms with Crippen LogP contribution >= 0.6 is 0 Å². The van der Waals surface area contributed by atoms with E-state index in [1.54, 1.807) is 0 Å². The quantitative estimate of drug-likeness (QED) is 0.758. The normalized spacial score (nSPS) is 17.6. The first-order valence-corrected chi connectivity index (χ1v) is 9.96. The Kier molecular flexibility index (Phi) is 4.77. The van der Waals surface area contributed by atoms with Gasteiger partial charge in [-0.25, -0.2) is 4.98 Å². The first kappa shape index (κ1) is 17.8. The lowest BCUT2D eigenvalue weighted by molar-refractivity contribution is 0.0671. The lowest BCUT2D eigenvalue weighted by Gasteiger charge is -2.32. The van der Waals surface area contributed by atoms with Crippen molar-refractivity contribution in [1.82, 2.24) is 19.4 Å². The molecular formula is C22H28N4O. The van der Waals surface area contributed by atoms with Gasteiger partial charge in [0.15, 0.2) is 0 Å². The second kappa shape index (κ2) is 7.22. The van der Waals surface area contributed by atoms with Gasteiger partial charge in [-0.1, -0.05) is 12.1 Å². The van der Waals surface area contributed by atoms with Gasteiger partial charge in [0.05, 0.1) is 16.6 Å². The number of nitrogens with zero attached hydrogens (tertiary/aromatic N) is 3. The summed E-state index contributed by atoms with van der Waals surface area (Å²) in [5.41, 5.74) is 5.21. The highest BCUT2D eigenvalue weighted by molar-refractivity contribution is 5.95. The number of hydrogen-bond donors (Lipinski definition) is 1. The molecule has 1 N–H and O–H groups in total. The summed E-state index contributed by atoms with van der Waals surface area (Å²) in [5, 5.41) is 0. The van der Waals surface area contributed by atoms with E-state index < -0.39 is 0 Å². The molecule has 3 heterocycles. The number of imidazole rings is 1. The Morgan fingerprint density at radius 3 is 2.85 bits per heavy atom. The van der Waals surface area contributed by atoms with Gasteiger partial charge < -0.3 is 14.5 Å². The number of nitrogens with one attached hydrogen (secondary N) is 1. The molecule has 4 rings (SSSR count). The number of hydrogen-bond acceptors (Lipinski definition) is 2. The molecule has 27 heavy (non-hydrogen) atoms. The highest BCUT2D eigenvalue weighted by Crippen LogP contribution is 2.24. The van der Waals surface area contributed by atoms with E-state index in [9.17, 15) is 4.79 Å². The number of fused-ring (bicyclic) bond motifs is 1. The molecule has 1 aliphatic rings. The summed E-state index contributed by atoms with van der Waals surface area (Å²) < 4.78 is 2.21. The van der Waals surface area contributed by atoms with Crippen LogP contribution in [0.3, 0.4) is 0 Å². The van der Waals surface area contributed by atoms with Gasteiger partial charge in [0.25, 0.3) is 5.91 Å². The Bertz CT molecular complexity index is 935. The number of likely N-dealkylation sites (tertiary alicyclic amines) is 1. The zero-order valence-corrected chi connectivity index (χ0v) is 16.5. The number of piperidine rings is 1. The number of carbonyl (C=O) groups excluding carboxylic acids is 1. The molecule has 5 heteroatoms. The molecule has 1 atom stereocenters. The minimum Gasteiger partial charge on any atom is -0.349 e. The van der Waals surface area contributed by atoms with Crippen molar-refractivity contribution in [1.29, 1.82) is 0 Å². The van der Waals surface area contributed by atoms with Crippen molar-refractivity contribution in [3.05, 3.63) is 53.1 Å². The van der Waals surface area contributed by atoms with Gasteiger partial charge >= 0.3 is 0 Å². The third-order valence-electron chi connectivity index (χ3n) is 5.85. The van der Waals surface area contributed by atoms with Crippen LogP contribution in [0.4, 0.5) is 0 Å². The molecular weight excluding hydrogens is 336 g/mol. The first-order valence-electron chi connectivity index (χ1n) is 9.96. The van der Waals surface area contributed by atoms with Crippen LogP contribution < -0.4 is 0 Å². The minimum absolute atomic E-state index is 0.178. The maximum Gasteiger partial charge on any atom is 0.255 e. The van der Waals surface area contributed by atoms with Crippen molar-refractivity contribution < 1.29 is 4.79 Å². The number of carbonyl (C=O) groups is 1. The van der Waals surface area contributed by atoms with Crippen molar-refractivity contribution in [2.24, 2.45) is 5.92 Å². The molecule has 2 aromatic heterocycles. The van der Waals surface area contributed by atoms with E-state index in [1.165, 1.54) is 0 Å². The van der Waals surface area contributed by atoms with Crippen molar-refractivity contribution >= 4 is 16.9 Å². The smallest absolute Gasteiger partial charge is 0.255 e. The average molecular weight is 364 g/mol. The summed E-state index contributed by atoms with van der Waals surface area (Å²) in [7, 11) is 0. The molecule has 5 nitrogen and oxygen atoms in total. The molecule has 142 valence electrons. The zero-order valence-electron chi connectivity index (χ0n) is 16.5. The Morgan fingerprint density at radius 1 is 1.30 bits per heavy atom. The van der Waals surface area contributed by atoms with Crippen LogP contribution in [0.1, 0.15) is 47.3 Å².